The van der Waals surface area contributed by atoms with Crippen molar-refractivity contribution in [2.45, 2.75) is 19.4 Å². The SMILES string of the molecule is NC(=O)c1ccc(-c2cccc(N3CCC(CN(Cc4cscn4)C(=O)O)CC3)n2)cc1. The Morgan fingerprint density at radius 1 is 1.16 bits per heavy atom. The van der Waals surface area contributed by atoms with Gasteiger partial charge in [-0.15, -0.1) is 11.3 Å². The Balaban J connectivity index is 1.37. The van der Waals surface area contributed by atoms with E-state index in [1.165, 1.54) is 16.2 Å². The minimum atomic E-state index is -0.905. The second-order valence-electron chi connectivity index (χ2n) is 7.90. The molecule has 0 saturated carbocycles. The summed E-state index contributed by atoms with van der Waals surface area (Å²) < 4.78 is 0. The van der Waals surface area contributed by atoms with Gasteiger partial charge in [0.25, 0.3) is 0 Å². The summed E-state index contributed by atoms with van der Waals surface area (Å²) in [5.74, 6) is 0.761. The molecule has 2 amide bonds. The summed E-state index contributed by atoms with van der Waals surface area (Å²) in [7, 11) is 0. The van der Waals surface area contributed by atoms with Crippen LogP contribution in [0.2, 0.25) is 0 Å². The predicted molar refractivity (Wildman–Crippen MR) is 124 cm³/mol. The molecule has 1 aliphatic rings. The molecule has 1 saturated heterocycles. The lowest BCUT2D eigenvalue weighted by Gasteiger charge is -2.34. The van der Waals surface area contributed by atoms with E-state index in [-0.39, 0.29) is 0 Å². The topological polar surface area (TPSA) is 113 Å². The highest BCUT2D eigenvalue weighted by Crippen LogP contribution is 2.26. The molecule has 4 rings (SSSR count). The number of thiazole rings is 1. The van der Waals surface area contributed by atoms with Gasteiger partial charge in [-0.25, -0.2) is 14.8 Å². The third-order valence-electron chi connectivity index (χ3n) is 5.72. The van der Waals surface area contributed by atoms with E-state index in [4.69, 9.17) is 10.7 Å². The molecule has 0 spiro atoms. The van der Waals surface area contributed by atoms with Crippen molar-refractivity contribution in [3.05, 3.63) is 64.6 Å². The number of hydrogen-bond acceptors (Lipinski definition) is 6. The molecule has 0 atom stereocenters. The van der Waals surface area contributed by atoms with Crippen LogP contribution in [0.25, 0.3) is 11.3 Å². The van der Waals surface area contributed by atoms with Gasteiger partial charge in [0.1, 0.15) is 5.82 Å². The van der Waals surface area contributed by atoms with E-state index in [1.807, 2.05) is 35.7 Å². The smallest absolute Gasteiger partial charge is 0.407 e. The number of carbonyl (C=O) groups is 2. The fourth-order valence-corrected chi connectivity index (χ4v) is 4.49. The zero-order chi connectivity index (χ0) is 22.5. The maximum absolute atomic E-state index is 11.7. The fraction of sp³-hybridized carbons (Fsp3) is 0.304. The summed E-state index contributed by atoms with van der Waals surface area (Å²) in [6.45, 7) is 2.50. The van der Waals surface area contributed by atoms with Crippen LogP contribution in [-0.4, -0.2) is 51.6 Å². The van der Waals surface area contributed by atoms with Crippen LogP contribution in [0.4, 0.5) is 10.6 Å². The summed E-state index contributed by atoms with van der Waals surface area (Å²) >= 11 is 1.47. The number of hydrogen-bond donors (Lipinski definition) is 2. The van der Waals surface area contributed by atoms with E-state index in [9.17, 15) is 14.7 Å². The van der Waals surface area contributed by atoms with Crippen molar-refractivity contribution in [1.29, 1.82) is 0 Å². The number of piperidine rings is 1. The molecule has 9 heteroatoms. The molecule has 2 aromatic heterocycles. The van der Waals surface area contributed by atoms with Crippen molar-refractivity contribution in [2.75, 3.05) is 24.5 Å². The van der Waals surface area contributed by atoms with Gasteiger partial charge in [-0.2, -0.15) is 0 Å². The van der Waals surface area contributed by atoms with Crippen LogP contribution < -0.4 is 10.6 Å². The minimum Gasteiger partial charge on any atom is -0.465 e. The largest absolute Gasteiger partial charge is 0.465 e. The van der Waals surface area contributed by atoms with Crippen LogP contribution in [0, 0.1) is 5.92 Å². The number of aromatic nitrogens is 2. The number of nitrogens with zero attached hydrogens (tertiary/aromatic N) is 4. The van der Waals surface area contributed by atoms with Gasteiger partial charge >= 0.3 is 6.09 Å². The van der Waals surface area contributed by atoms with E-state index in [1.54, 1.807) is 17.6 Å². The molecule has 0 radical (unpaired) electrons. The van der Waals surface area contributed by atoms with Crippen LogP contribution in [0.5, 0.6) is 0 Å². The third-order valence-corrected chi connectivity index (χ3v) is 6.36. The number of nitrogens with two attached hydrogens (primary N) is 1. The lowest BCUT2D eigenvalue weighted by molar-refractivity contribution is 0.1000. The number of rotatable bonds is 7. The van der Waals surface area contributed by atoms with E-state index in [0.29, 0.717) is 24.6 Å². The van der Waals surface area contributed by atoms with Crippen LogP contribution in [-0.2, 0) is 6.54 Å². The molecule has 166 valence electrons. The van der Waals surface area contributed by atoms with Gasteiger partial charge in [-0.05, 0) is 43.0 Å². The van der Waals surface area contributed by atoms with Crippen molar-refractivity contribution < 1.29 is 14.7 Å². The van der Waals surface area contributed by atoms with Gasteiger partial charge in [0, 0.05) is 36.1 Å². The van der Waals surface area contributed by atoms with Crippen LogP contribution in [0.1, 0.15) is 28.9 Å². The Morgan fingerprint density at radius 2 is 1.91 bits per heavy atom. The molecule has 32 heavy (non-hydrogen) atoms. The standard InChI is InChI=1S/C23H25N5O3S/c24-22(29)18-6-4-17(5-7-18)20-2-1-3-21(26-20)27-10-8-16(9-11-27)12-28(23(30)31)13-19-14-32-15-25-19/h1-7,14-16H,8-13H2,(H2,24,29)(H,30,31). The fourth-order valence-electron chi connectivity index (χ4n) is 3.94. The first-order valence-electron chi connectivity index (χ1n) is 10.5. The number of pyridine rings is 1. The molecule has 0 aliphatic carbocycles. The monoisotopic (exact) mass is 451 g/mol. The first-order valence-corrected chi connectivity index (χ1v) is 11.4. The molecule has 3 N–H and O–H groups in total. The summed E-state index contributed by atoms with van der Waals surface area (Å²) in [4.78, 5) is 35.7. The zero-order valence-corrected chi connectivity index (χ0v) is 18.4. The van der Waals surface area contributed by atoms with Crippen molar-refractivity contribution in [3.63, 3.8) is 0 Å². The Kier molecular flexibility index (Phi) is 6.65. The zero-order valence-electron chi connectivity index (χ0n) is 17.6. The summed E-state index contributed by atoms with van der Waals surface area (Å²) in [6.07, 6.45) is 0.900. The van der Waals surface area contributed by atoms with Crippen molar-refractivity contribution in [3.8, 4) is 11.3 Å². The van der Waals surface area contributed by atoms with E-state index in [2.05, 4.69) is 9.88 Å². The van der Waals surface area contributed by atoms with Gasteiger partial charge in [-0.1, -0.05) is 18.2 Å². The van der Waals surface area contributed by atoms with Gasteiger partial charge in [0.2, 0.25) is 5.91 Å². The van der Waals surface area contributed by atoms with Gasteiger partial charge < -0.3 is 20.6 Å². The second kappa shape index (κ2) is 9.78. The Morgan fingerprint density at radius 3 is 2.53 bits per heavy atom. The van der Waals surface area contributed by atoms with Crippen molar-refractivity contribution in [2.24, 2.45) is 11.7 Å². The average molecular weight is 452 g/mol. The lowest BCUT2D eigenvalue weighted by Crippen LogP contribution is -2.40. The summed E-state index contributed by atoms with van der Waals surface area (Å²) in [5, 5.41) is 11.5. The summed E-state index contributed by atoms with van der Waals surface area (Å²) in [5.41, 5.74) is 10.1. The maximum atomic E-state index is 11.7. The number of amides is 2. The third kappa shape index (κ3) is 5.23. The highest BCUT2D eigenvalue weighted by molar-refractivity contribution is 7.07. The van der Waals surface area contributed by atoms with E-state index >= 15 is 0 Å². The number of anilines is 1. The Hall–Kier alpha value is -3.46. The molecule has 0 bridgehead atoms. The van der Waals surface area contributed by atoms with E-state index < -0.39 is 12.0 Å². The quantitative estimate of drug-likeness (QED) is 0.566. The van der Waals surface area contributed by atoms with Gasteiger partial charge in [-0.3, -0.25) is 4.79 Å². The minimum absolute atomic E-state index is 0.311. The molecular formula is C23H25N5O3S. The van der Waals surface area contributed by atoms with Crippen molar-refractivity contribution >= 4 is 29.2 Å². The van der Waals surface area contributed by atoms with Gasteiger partial charge in [0.05, 0.1) is 23.4 Å². The molecule has 3 heterocycles. The van der Waals surface area contributed by atoms with E-state index in [0.717, 1.165) is 48.7 Å². The number of primary amides is 1. The first kappa shape index (κ1) is 21.8. The predicted octanol–water partition coefficient (Wildman–Crippen LogP) is 3.70. The molecule has 8 nitrogen and oxygen atoms in total. The second-order valence-corrected chi connectivity index (χ2v) is 8.61. The Labute approximate surface area is 190 Å². The lowest BCUT2D eigenvalue weighted by atomic mass is 9.96. The van der Waals surface area contributed by atoms with Crippen LogP contribution in [0.15, 0.2) is 53.4 Å². The molecule has 0 unspecified atom stereocenters. The molecular weight excluding hydrogens is 426 g/mol. The molecule has 3 aromatic rings. The number of carbonyl (C=O) groups excluding carboxylic acids is 1. The van der Waals surface area contributed by atoms with Crippen LogP contribution in [0.3, 0.4) is 0 Å². The molecule has 1 aromatic carbocycles. The normalized spacial score (nSPS) is 14.3. The number of benzene rings is 1. The Bertz CT molecular complexity index is 1060. The molecule has 1 aliphatic heterocycles. The maximum Gasteiger partial charge on any atom is 0.407 e. The van der Waals surface area contributed by atoms with Gasteiger partial charge in [0.15, 0.2) is 0 Å². The average Bonchev–Trinajstić information content (AvgIpc) is 3.32. The van der Waals surface area contributed by atoms with Crippen LogP contribution >= 0.6 is 11.3 Å². The highest BCUT2D eigenvalue weighted by atomic mass is 32.1. The first-order chi connectivity index (χ1) is 15.5. The van der Waals surface area contributed by atoms with Crippen molar-refractivity contribution in [1.82, 2.24) is 14.9 Å². The summed E-state index contributed by atoms with van der Waals surface area (Å²) in [6, 6.07) is 13.0. The molecule has 1 fully saturated rings. The number of carboxylic acid groups (broad SMARTS) is 1. The highest BCUT2D eigenvalue weighted by Gasteiger charge is 2.25.